The highest BCUT2D eigenvalue weighted by atomic mass is 35.5. The summed E-state index contributed by atoms with van der Waals surface area (Å²) in [7, 11) is -3.93. The first-order chi connectivity index (χ1) is 21.0. The minimum absolute atomic E-state index is 0.0855. The minimum atomic E-state index is -3.93. The maximum atomic E-state index is 15.0. The second kappa shape index (κ2) is 11.4. The number of amides is 1. The van der Waals surface area contributed by atoms with Gasteiger partial charge in [-0.2, -0.15) is 4.98 Å². The third kappa shape index (κ3) is 4.93. The van der Waals surface area contributed by atoms with E-state index in [1.807, 2.05) is 11.8 Å². The van der Waals surface area contributed by atoms with Gasteiger partial charge < -0.3 is 9.80 Å². The van der Waals surface area contributed by atoms with Crippen LogP contribution in [0.25, 0.3) is 28.0 Å². The zero-order valence-electron chi connectivity index (χ0n) is 23.6. The van der Waals surface area contributed by atoms with Gasteiger partial charge in [-0.15, -0.1) is 0 Å². The first-order valence-electron chi connectivity index (χ1n) is 14.0. The molecule has 1 saturated heterocycles. The summed E-state index contributed by atoms with van der Waals surface area (Å²) < 4.78 is 58.1. The van der Waals surface area contributed by atoms with Gasteiger partial charge in [0.05, 0.1) is 32.6 Å². The van der Waals surface area contributed by atoms with Crippen molar-refractivity contribution in [2.45, 2.75) is 42.5 Å². The van der Waals surface area contributed by atoms with Crippen LogP contribution in [0, 0.1) is 11.6 Å². The average Bonchev–Trinajstić information content (AvgIpc) is 2.96. The van der Waals surface area contributed by atoms with Crippen LogP contribution < -0.4 is 10.6 Å². The topological polar surface area (TPSA) is 118 Å². The molecule has 228 valence electrons. The molecule has 44 heavy (non-hydrogen) atoms. The molecular formula is C30H27ClF2N6O4S. The quantitative estimate of drug-likeness (QED) is 0.286. The van der Waals surface area contributed by atoms with E-state index in [1.54, 1.807) is 4.90 Å². The highest BCUT2D eigenvalue weighted by Crippen LogP contribution is 2.37. The van der Waals surface area contributed by atoms with Crippen LogP contribution in [-0.4, -0.2) is 69.7 Å². The summed E-state index contributed by atoms with van der Waals surface area (Å²) in [6, 6.07) is 7.31. The number of anilines is 1. The maximum Gasteiger partial charge on any atom is 0.355 e. The number of nitrogens with zero attached hydrogens (tertiary/aromatic N) is 6. The van der Waals surface area contributed by atoms with Crippen LogP contribution in [-0.2, 0) is 14.6 Å². The molecule has 6 rings (SSSR count). The summed E-state index contributed by atoms with van der Waals surface area (Å²) in [6.45, 7) is 6.31. The van der Waals surface area contributed by atoms with E-state index >= 15 is 0 Å². The van der Waals surface area contributed by atoms with E-state index in [2.05, 4.69) is 21.5 Å². The first kappa shape index (κ1) is 29.8. The zero-order chi connectivity index (χ0) is 31.3. The molecule has 0 spiro atoms. The minimum Gasteiger partial charge on any atom is -0.350 e. The number of halogens is 3. The van der Waals surface area contributed by atoms with E-state index < -0.39 is 38.0 Å². The summed E-state index contributed by atoms with van der Waals surface area (Å²) in [5, 5.41) is -0.841. The van der Waals surface area contributed by atoms with Crippen LogP contribution in [0.3, 0.4) is 0 Å². The molecule has 1 atom stereocenters. The van der Waals surface area contributed by atoms with Crippen molar-refractivity contribution in [3.63, 3.8) is 0 Å². The maximum absolute atomic E-state index is 15.0. The number of benzene rings is 1. The van der Waals surface area contributed by atoms with Gasteiger partial charge in [0, 0.05) is 31.9 Å². The zero-order valence-corrected chi connectivity index (χ0v) is 25.2. The third-order valence-corrected chi connectivity index (χ3v) is 10.6. The van der Waals surface area contributed by atoms with Crippen LogP contribution in [0.5, 0.6) is 0 Å². The molecule has 14 heteroatoms. The van der Waals surface area contributed by atoms with Gasteiger partial charge in [0.2, 0.25) is 15.7 Å². The molecule has 1 aliphatic heterocycles. The Kier molecular flexibility index (Phi) is 7.70. The Morgan fingerprint density at radius 3 is 2.48 bits per heavy atom. The molecule has 0 radical (unpaired) electrons. The van der Waals surface area contributed by atoms with Gasteiger partial charge in [0.25, 0.3) is 0 Å². The third-order valence-electron chi connectivity index (χ3n) is 8.14. The van der Waals surface area contributed by atoms with Crippen LogP contribution in [0.4, 0.5) is 14.6 Å². The molecular weight excluding hydrogens is 614 g/mol. The number of hydrogen-bond donors (Lipinski definition) is 0. The van der Waals surface area contributed by atoms with Crippen molar-refractivity contribution in [1.82, 2.24) is 24.4 Å². The monoisotopic (exact) mass is 640 g/mol. The second-order valence-corrected chi connectivity index (χ2v) is 13.3. The van der Waals surface area contributed by atoms with Crippen molar-refractivity contribution >= 4 is 44.2 Å². The number of piperazine rings is 1. The van der Waals surface area contributed by atoms with Crippen molar-refractivity contribution in [2.75, 3.05) is 24.5 Å². The molecule has 4 aromatic rings. The second-order valence-electron chi connectivity index (χ2n) is 10.8. The lowest BCUT2D eigenvalue weighted by atomic mass is 10.0. The SMILES string of the molecule is C=CC(=O)N1CCN(c2nc(=O)n(-c3cccnc3S(=O)(=O)C3CCC3)c3nc(-c4c(F)cccc4F)c(Cl)cc23)[C@@H](C)C1. The van der Waals surface area contributed by atoms with E-state index in [4.69, 9.17) is 11.6 Å². The molecule has 10 nitrogen and oxygen atoms in total. The first-order valence-corrected chi connectivity index (χ1v) is 15.9. The highest BCUT2D eigenvalue weighted by Gasteiger charge is 2.37. The fourth-order valence-electron chi connectivity index (χ4n) is 5.65. The van der Waals surface area contributed by atoms with E-state index in [9.17, 15) is 26.8 Å². The lowest BCUT2D eigenvalue weighted by Gasteiger charge is -2.40. The highest BCUT2D eigenvalue weighted by molar-refractivity contribution is 7.92. The van der Waals surface area contributed by atoms with Crippen LogP contribution >= 0.6 is 11.6 Å². The largest absolute Gasteiger partial charge is 0.355 e. The van der Waals surface area contributed by atoms with Gasteiger partial charge in [-0.25, -0.2) is 36.5 Å². The van der Waals surface area contributed by atoms with E-state index in [0.29, 0.717) is 32.5 Å². The molecule has 3 aromatic heterocycles. The van der Waals surface area contributed by atoms with Crippen molar-refractivity contribution in [2.24, 2.45) is 0 Å². The van der Waals surface area contributed by atoms with E-state index in [0.717, 1.165) is 23.1 Å². The van der Waals surface area contributed by atoms with Gasteiger partial charge in [-0.3, -0.25) is 4.79 Å². The number of carbonyl (C=O) groups excluding carboxylic acids is 1. The summed E-state index contributed by atoms with van der Waals surface area (Å²) >= 11 is 6.62. The molecule has 1 aliphatic carbocycles. The Morgan fingerprint density at radius 2 is 1.84 bits per heavy atom. The van der Waals surface area contributed by atoms with Gasteiger partial charge in [0.15, 0.2) is 10.7 Å². The predicted molar refractivity (Wildman–Crippen MR) is 162 cm³/mol. The van der Waals surface area contributed by atoms with Gasteiger partial charge >= 0.3 is 5.69 Å². The van der Waals surface area contributed by atoms with Crippen LogP contribution in [0.1, 0.15) is 26.2 Å². The lowest BCUT2D eigenvalue weighted by molar-refractivity contribution is -0.126. The Labute approximate surface area is 256 Å². The molecule has 0 unspecified atom stereocenters. The van der Waals surface area contributed by atoms with E-state index in [1.165, 1.54) is 36.5 Å². The number of rotatable bonds is 6. The molecule has 1 saturated carbocycles. The molecule has 2 aliphatic rings. The molecule has 1 amide bonds. The van der Waals surface area contributed by atoms with Crippen LogP contribution in [0.2, 0.25) is 5.02 Å². The standard InChI is InChI=1S/C30H27ClF2N6O4S/c1-3-24(40)37-13-14-38(17(2)16-37)27-19-15-20(31)26(25-21(32)9-5-10-22(25)33)35-28(19)39(30(41)36-27)23-11-6-12-34-29(23)44(42,43)18-7-4-8-18/h3,5-6,9-12,15,17-18H,1,4,7-8,13-14,16H2,2H3/t17-/m0/s1. The summed E-state index contributed by atoms with van der Waals surface area (Å²) in [6.07, 6.45) is 4.24. The van der Waals surface area contributed by atoms with Crippen molar-refractivity contribution < 1.29 is 22.0 Å². The summed E-state index contributed by atoms with van der Waals surface area (Å²) in [5.74, 6) is -1.90. The number of carbonyl (C=O) groups is 1. The van der Waals surface area contributed by atoms with Gasteiger partial charge in [-0.1, -0.05) is 30.7 Å². The van der Waals surface area contributed by atoms with Crippen molar-refractivity contribution in [3.05, 3.63) is 82.4 Å². The number of sulfone groups is 1. The Balaban J connectivity index is 1.63. The van der Waals surface area contributed by atoms with E-state index in [-0.39, 0.29) is 50.2 Å². The number of pyridine rings is 2. The average molecular weight is 641 g/mol. The normalized spacial score (nSPS) is 17.5. The Morgan fingerprint density at radius 1 is 1.11 bits per heavy atom. The molecule has 1 aromatic carbocycles. The Hall–Kier alpha value is -4.23. The molecule has 0 bridgehead atoms. The molecule has 2 fully saturated rings. The summed E-state index contributed by atoms with van der Waals surface area (Å²) in [4.78, 5) is 42.7. The van der Waals surface area contributed by atoms with Crippen LogP contribution in [0.15, 0.2) is 65.1 Å². The number of hydrogen-bond acceptors (Lipinski definition) is 8. The Bertz CT molecular complexity index is 1980. The molecule has 4 heterocycles. The summed E-state index contributed by atoms with van der Waals surface area (Å²) in [5.41, 5.74) is -1.86. The van der Waals surface area contributed by atoms with Gasteiger partial charge in [-0.05, 0) is 56.2 Å². The fourth-order valence-corrected chi connectivity index (χ4v) is 7.83. The molecule has 0 N–H and O–H groups in total. The van der Waals surface area contributed by atoms with Crippen molar-refractivity contribution in [1.29, 1.82) is 0 Å². The van der Waals surface area contributed by atoms with Crippen molar-refractivity contribution in [3.8, 4) is 16.9 Å². The smallest absolute Gasteiger partial charge is 0.350 e. The fraction of sp³-hybridized carbons (Fsp3) is 0.300. The lowest BCUT2D eigenvalue weighted by Crippen LogP contribution is -2.54. The number of fused-ring (bicyclic) bond motifs is 1. The predicted octanol–water partition coefficient (Wildman–Crippen LogP) is 4.32. The van der Waals surface area contributed by atoms with Gasteiger partial charge in [0.1, 0.15) is 17.5 Å². The number of aromatic nitrogens is 4.